The first-order valence-corrected chi connectivity index (χ1v) is 8.89. The number of hydrogen-bond acceptors (Lipinski definition) is 6. The van der Waals surface area contributed by atoms with Crippen molar-refractivity contribution in [2.24, 2.45) is 0 Å². The number of hydrogen-bond donors (Lipinski definition) is 2. The highest BCUT2D eigenvalue weighted by Crippen LogP contribution is 2.27. The molecule has 0 aliphatic heterocycles. The van der Waals surface area contributed by atoms with Crippen LogP contribution in [0, 0.1) is 13.8 Å². The van der Waals surface area contributed by atoms with Crippen molar-refractivity contribution in [2.45, 2.75) is 33.6 Å². The summed E-state index contributed by atoms with van der Waals surface area (Å²) in [6, 6.07) is 7.88. The van der Waals surface area contributed by atoms with Crippen LogP contribution in [-0.2, 0) is 0 Å². The van der Waals surface area contributed by atoms with Crippen molar-refractivity contribution < 1.29 is 0 Å². The van der Waals surface area contributed by atoms with E-state index in [2.05, 4.69) is 44.5 Å². The summed E-state index contributed by atoms with van der Waals surface area (Å²) in [5, 5.41) is 18.7. The SMILES string of the molecule is Cc1n[nH]c(C)c1-c1cnc2ccc(Nc3cc(C(C)C)cnn3)nc2c1. The van der Waals surface area contributed by atoms with Crippen molar-refractivity contribution in [3.8, 4) is 11.1 Å². The van der Waals surface area contributed by atoms with Gasteiger partial charge < -0.3 is 5.32 Å². The summed E-state index contributed by atoms with van der Waals surface area (Å²) in [6.45, 7) is 8.24. The van der Waals surface area contributed by atoms with Gasteiger partial charge in [0, 0.05) is 23.0 Å². The predicted octanol–water partition coefficient (Wildman–Crippen LogP) is 4.29. The third-order valence-corrected chi connectivity index (χ3v) is 4.55. The maximum absolute atomic E-state index is 4.70. The number of aromatic amines is 1. The monoisotopic (exact) mass is 359 g/mol. The summed E-state index contributed by atoms with van der Waals surface area (Å²) in [6.07, 6.45) is 3.65. The summed E-state index contributed by atoms with van der Waals surface area (Å²) in [4.78, 5) is 9.25. The van der Waals surface area contributed by atoms with Crippen molar-refractivity contribution in [3.05, 3.63) is 53.6 Å². The van der Waals surface area contributed by atoms with E-state index in [-0.39, 0.29) is 0 Å². The second kappa shape index (κ2) is 6.75. The number of H-pyrrole nitrogens is 1. The number of fused-ring (bicyclic) bond motifs is 1. The Morgan fingerprint density at radius 2 is 1.85 bits per heavy atom. The van der Waals surface area contributed by atoms with E-state index in [1.54, 1.807) is 6.20 Å². The van der Waals surface area contributed by atoms with Gasteiger partial charge in [0.2, 0.25) is 0 Å². The van der Waals surface area contributed by atoms with Crippen LogP contribution in [0.3, 0.4) is 0 Å². The highest BCUT2D eigenvalue weighted by molar-refractivity contribution is 5.82. The van der Waals surface area contributed by atoms with Crippen LogP contribution in [0.25, 0.3) is 22.2 Å². The Balaban J connectivity index is 1.70. The van der Waals surface area contributed by atoms with Crippen LogP contribution < -0.4 is 5.32 Å². The molecule has 4 aromatic heterocycles. The molecule has 0 spiro atoms. The molecule has 0 aromatic carbocycles. The number of pyridine rings is 2. The molecule has 0 radical (unpaired) electrons. The minimum atomic E-state index is 0.388. The Morgan fingerprint density at radius 3 is 2.59 bits per heavy atom. The summed E-state index contributed by atoms with van der Waals surface area (Å²) >= 11 is 0. The van der Waals surface area contributed by atoms with Gasteiger partial charge in [-0.3, -0.25) is 10.1 Å². The molecule has 4 heterocycles. The Morgan fingerprint density at radius 1 is 1.00 bits per heavy atom. The maximum atomic E-state index is 4.70. The number of aryl methyl sites for hydroxylation is 2. The Labute approximate surface area is 157 Å². The zero-order valence-electron chi connectivity index (χ0n) is 15.8. The quantitative estimate of drug-likeness (QED) is 0.564. The van der Waals surface area contributed by atoms with E-state index in [4.69, 9.17) is 4.98 Å². The van der Waals surface area contributed by atoms with E-state index in [0.29, 0.717) is 17.6 Å². The van der Waals surface area contributed by atoms with Crippen LogP contribution in [0.4, 0.5) is 11.6 Å². The van der Waals surface area contributed by atoms with E-state index >= 15 is 0 Å². The van der Waals surface area contributed by atoms with E-state index in [1.165, 1.54) is 0 Å². The molecular weight excluding hydrogens is 338 g/mol. The Hall–Kier alpha value is -3.35. The lowest BCUT2D eigenvalue weighted by molar-refractivity contribution is 0.843. The van der Waals surface area contributed by atoms with Gasteiger partial charge in [0.15, 0.2) is 5.82 Å². The van der Waals surface area contributed by atoms with Gasteiger partial charge in [-0.05, 0) is 49.6 Å². The topological polar surface area (TPSA) is 92.3 Å². The molecule has 0 bridgehead atoms. The zero-order chi connectivity index (χ0) is 19.0. The van der Waals surface area contributed by atoms with Gasteiger partial charge in [0.1, 0.15) is 5.82 Å². The minimum Gasteiger partial charge on any atom is -0.323 e. The predicted molar refractivity (Wildman–Crippen MR) is 106 cm³/mol. The van der Waals surface area contributed by atoms with E-state index < -0.39 is 0 Å². The van der Waals surface area contributed by atoms with Crippen LogP contribution in [0.5, 0.6) is 0 Å². The molecule has 0 amide bonds. The number of anilines is 2. The fourth-order valence-electron chi connectivity index (χ4n) is 3.08. The van der Waals surface area contributed by atoms with E-state index in [1.807, 2.05) is 44.3 Å². The molecule has 2 N–H and O–H groups in total. The Kier molecular flexibility index (Phi) is 4.27. The van der Waals surface area contributed by atoms with Gasteiger partial charge in [0.05, 0.1) is 22.9 Å². The first-order valence-electron chi connectivity index (χ1n) is 8.89. The normalized spacial score (nSPS) is 11.3. The average molecular weight is 359 g/mol. The minimum absolute atomic E-state index is 0.388. The van der Waals surface area contributed by atoms with Crippen LogP contribution in [0.2, 0.25) is 0 Å². The van der Waals surface area contributed by atoms with Crippen molar-refractivity contribution in [2.75, 3.05) is 5.32 Å². The molecule has 7 nitrogen and oxygen atoms in total. The summed E-state index contributed by atoms with van der Waals surface area (Å²) < 4.78 is 0. The van der Waals surface area contributed by atoms with Crippen LogP contribution >= 0.6 is 0 Å². The fraction of sp³-hybridized carbons (Fsp3) is 0.250. The van der Waals surface area contributed by atoms with Gasteiger partial charge in [-0.1, -0.05) is 13.8 Å². The molecule has 4 aromatic rings. The lowest BCUT2D eigenvalue weighted by Crippen LogP contribution is -2.00. The average Bonchev–Trinajstić information content (AvgIpc) is 2.99. The van der Waals surface area contributed by atoms with Crippen LogP contribution in [-0.4, -0.2) is 30.4 Å². The largest absolute Gasteiger partial charge is 0.323 e. The van der Waals surface area contributed by atoms with Crippen molar-refractivity contribution in [3.63, 3.8) is 0 Å². The summed E-state index contributed by atoms with van der Waals surface area (Å²) in [5.41, 5.74) is 6.81. The third kappa shape index (κ3) is 3.36. The molecule has 0 saturated heterocycles. The Bertz CT molecular complexity index is 1090. The molecule has 0 aliphatic carbocycles. The first-order chi connectivity index (χ1) is 13.0. The second-order valence-electron chi connectivity index (χ2n) is 6.92. The zero-order valence-corrected chi connectivity index (χ0v) is 15.8. The molecule has 4 rings (SSSR count). The number of rotatable bonds is 4. The summed E-state index contributed by atoms with van der Waals surface area (Å²) in [5.74, 6) is 1.77. The lowest BCUT2D eigenvalue weighted by Gasteiger charge is -2.09. The van der Waals surface area contributed by atoms with E-state index in [9.17, 15) is 0 Å². The smallest absolute Gasteiger partial charge is 0.154 e. The van der Waals surface area contributed by atoms with Crippen LogP contribution in [0.15, 0.2) is 36.7 Å². The third-order valence-electron chi connectivity index (χ3n) is 4.55. The molecular formula is C20H21N7. The van der Waals surface area contributed by atoms with E-state index in [0.717, 1.165) is 39.1 Å². The molecule has 0 saturated carbocycles. The van der Waals surface area contributed by atoms with Crippen LogP contribution in [0.1, 0.15) is 36.7 Å². The van der Waals surface area contributed by atoms with Gasteiger partial charge in [-0.15, -0.1) is 5.10 Å². The fourth-order valence-corrected chi connectivity index (χ4v) is 3.08. The number of nitrogens with one attached hydrogen (secondary N) is 2. The molecule has 27 heavy (non-hydrogen) atoms. The standard InChI is InChI=1S/C20H21N7/c1-11(2)14-8-19(27-22-10-14)24-18-6-5-16-17(23-18)7-15(9-21-16)20-12(3)25-26-13(20)4/h5-11H,1-4H3,(H,25,26)(H,23,24,27). The number of aromatic nitrogens is 6. The van der Waals surface area contributed by atoms with Crippen molar-refractivity contribution >= 4 is 22.7 Å². The molecule has 0 unspecified atom stereocenters. The molecule has 0 atom stereocenters. The highest BCUT2D eigenvalue weighted by atomic mass is 15.2. The van der Waals surface area contributed by atoms with Gasteiger partial charge >= 0.3 is 0 Å². The van der Waals surface area contributed by atoms with Gasteiger partial charge in [0.25, 0.3) is 0 Å². The molecule has 136 valence electrons. The molecule has 0 fully saturated rings. The molecule has 0 aliphatic rings. The summed E-state index contributed by atoms with van der Waals surface area (Å²) in [7, 11) is 0. The van der Waals surface area contributed by atoms with Crippen molar-refractivity contribution in [1.82, 2.24) is 30.4 Å². The molecule has 7 heteroatoms. The highest BCUT2D eigenvalue weighted by Gasteiger charge is 2.11. The first kappa shape index (κ1) is 17.1. The van der Waals surface area contributed by atoms with Crippen molar-refractivity contribution in [1.29, 1.82) is 0 Å². The van der Waals surface area contributed by atoms with Gasteiger partial charge in [-0.25, -0.2) is 4.98 Å². The number of nitrogens with zero attached hydrogens (tertiary/aromatic N) is 5. The lowest BCUT2D eigenvalue weighted by atomic mass is 10.1. The van der Waals surface area contributed by atoms with Gasteiger partial charge in [-0.2, -0.15) is 10.2 Å². The maximum Gasteiger partial charge on any atom is 0.154 e. The second-order valence-corrected chi connectivity index (χ2v) is 6.92.